The summed E-state index contributed by atoms with van der Waals surface area (Å²) in [6, 6.07) is -0.246. The van der Waals surface area contributed by atoms with Crippen LogP contribution in [0.15, 0.2) is 5.16 Å². The molecule has 0 unspecified atom stereocenters. The Morgan fingerprint density at radius 2 is 1.73 bits per heavy atom. The van der Waals surface area contributed by atoms with Gasteiger partial charge in [0.05, 0.1) is 0 Å². The molecule has 2 amide bonds. The minimum absolute atomic E-state index is 0.0496. The monoisotopic (exact) mass is 327 g/mol. The molecular weight excluding hydrogens is 302 g/mol. The molecule has 7 nitrogen and oxygen atoms in total. The number of hydrogen-bond donors (Lipinski definition) is 0. The lowest BCUT2D eigenvalue weighted by atomic mass is 9.96. The summed E-state index contributed by atoms with van der Waals surface area (Å²) in [4.78, 5) is 31.3. The van der Waals surface area contributed by atoms with Crippen molar-refractivity contribution < 1.29 is 9.59 Å². The molecule has 1 aromatic heterocycles. The summed E-state index contributed by atoms with van der Waals surface area (Å²) in [6.07, 6.45) is 0.394. The van der Waals surface area contributed by atoms with Crippen molar-refractivity contribution in [1.29, 1.82) is 0 Å². The summed E-state index contributed by atoms with van der Waals surface area (Å²) in [5, 5.41) is 4.86. The standard InChI is InChI=1S/C14H25N5O2S/c1-14(2,3)11-15-12(19(16-11)13(21)18(6)7)22-9-8-10(20)17(4)5/h8-9H2,1-7H3. The van der Waals surface area contributed by atoms with Crippen molar-refractivity contribution in [2.24, 2.45) is 0 Å². The zero-order valence-electron chi connectivity index (χ0n) is 14.4. The molecule has 124 valence electrons. The third kappa shape index (κ3) is 4.72. The Balaban J connectivity index is 2.94. The van der Waals surface area contributed by atoms with Gasteiger partial charge in [0, 0.05) is 45.8 Å². The number of carbonyl (C=O) groups excluding carboxylic acids is 2. The van der Waals surface area contributed by atoms with Crippen LogP contribution in [0.1, 0.15) is 33.0 Å². The highest BCUT2D eigenvalue weighted by atomic mass is 32.2. The van der Waals surface area contributed by atoms with Crippen LogP contribution in [0, 0.1) is 0 Å². The van der Waals surface area contributed by atoms with Crippen LogP contribution in [0.25, 0.3) is 0 Å². The normalized spacial score (nSPS) is 11.4. The van der Waals surface area contributed by atoms with Crippen molar-refractivity contribution in [2.75, 3.05) is 33.9 Å². The molecule has 0 radical (unpaired) electrons. The summed E-state index contributed by atoms with van der Waals surface area (Å²) in [6.45, 7) is 5.99. The first-order valence-corrected chi connectivity index (χ1v) is 8.04. The zero-order valence-corrected chi connectivity index (χ0v) is 15.2. The lowest BCUT2D eigenvalue weighted by Crippen LogP contribution is -2.29. The molecule has 0 aliphatic rings. The van der Waals surface area contributed by atoms with E-state index in [0.29, 0.717) is 23.2 Å². The van der Waals surface area contributed by atoms with Crippen molar-refractivity contribution in [2.45, 2.75) is 37.8 Å². The largest absolute Gasteiger partial charge is 0.349 e. The second kappa shape index (κ2) is 7.13. The van der Waals surface area contributed by atoms with Crippen LogP contribution in [0.2, 0.25) is 0 Å². The van der Waals surface area contributed by atoms with E-state index in [4.69, 9.17) is 0 Å². The van der Waals surface area contributed by atoms with Gasteiger partial charge in [-0.3, -0.25) is 4.79 Å². The van der Waals surface area contributed by atoms with E-state index < -0.39 is 0 Å². The molecule has 0 atom stereocenters. The zero-order chi connectivity index (χ0) is 17.1. The molecule has 0 aliphatic heterocycles. The van der Waals surface area contributed by atoms with Gasteiger partial charge in [-0.05, 0) is 0 Å². The summed E-state index contributed by atoms with van der Waals surface area (Å²) in [5.41, 5.74) is -0.243. The Kier molecular flexibility index (Phi) is 5.99. The average molecular weight is 327 g/mol. The van der Waals surface area contributed by atoms with Gasteiger partial charge in [-0.25, -0.2) is 9.78 Å². The number of nitrogens with zero attached hydrogens (tertiary/aromatic N) is 5. The number of amides is 2. The molecule has 0 bridgehead atoms. The Morgan fingerprint density at radius 3 is 2.18 bits per heavy atom. The maximum Gasteiger partial charge on any atom is 0.346 e. The summed E-state index contributed by atoms with van der Waals surface area (Å²) >= 11 is 1.37. The first-order valence-electron chi connectivity index (χ1n) is 7.06. The molecule has 1 aromatic rings. The van der Waals surface area contributed by atoms with E-state index >= 15 is 0 Å². The molecule has 0 saturated carbocycles. The molecule has 22 heavy (non-hydrogen) atoms. The van der Waals surface area contributed by atoms with Gasteiger partial charge in [0.2, 0.25) is 5.91 Å². The van der Waals surface area contributed by atoms with Crippen molar-refractivity contribution in [3.8, 4) is 0 Å². The molecule has 0 aromatic carbocycles. The summed E-state index contributed by atoms with van der Waals surface area (Å²) < 4.78 is 1.31. The first-order chi connectivity index (χ1) is 10.0. The smallest absolute Gasteiger partial charge is 0.346 e. The molecule has 0 fully saturated rings. The maximum absolute atomic E-state index is 12.2. The van der Waals surface area contributed by atoms with Crippen LogP contribution in [0.4, 0.5) is 4.79 Å². The van der Waals surface area contributed by atoms with Gasteiger partial charge < -0.3 is 9.80 Å². The van der Waals surface area contributed by atoms with E-state index in [-0.39, 0.29) is 17.4 Å². The predicted molar refractivity (Wildman–Crippen MR) is 87.2 cm³/mol. The number of rotatable bonds is 4. The van der Waals surface area contributed by atoms with Crippen molar-refractivity contribution in [3.63, 3.8) is 0 Å². The van der Waals surface area contributed by atoms with Crippen molar-refractivity contribution in [3.05, 3.63) is 5.82 Å². The second-order valence-corrected chi connectivity index (χ2v) is 7.51. The van der Waals surface area contributed by atoms with Gasteiger partial charge in [0.15, 0.2) is 11.0 Å². The fourth-order valence-electron chi connectivity index (χ4n) is 1.48. The third-order valence-electron chi connectivity index (χ3n) is 2.86. The van der Waals surface area contributed by atoms with Crippen molar-refractivity contribution in [1.82, 2.24) is 24.6 Å². The van der Waals surface area contributed by atoms with Gasteiger partial charge in [-0.15, -0.1) is 5.10 Å². The van der Waals surface area contributed by atoms with E-state index in [1.807, 2.05) is 20.8 Å². The van der Waals surface area contributed by atoms with Crippen LogP contribution in [-0.2, 0) is 10.2 Å². The minimum atomic E-state index is -0.246. The quantitative estimate of drug-likeness (QED) is 0.787. The highest BCUT2D eigenvalue weighted by Gasteiger charge is 2.25. The lowest BCUT2D eigenvalue weighted by Gasteiger charge is -2.13. The topological polar surface area (TPSA) is 71.3 Å². The molecule has 0 N–H and O–H groups in total. The number of hydrogen-bond acceptors (Lipinski definition) is 5. The van der Waals surface area contributed by atoms with Crippen LogP contribution in [-0.4, -0.2) is 70.4 Å². The summed E-state index contributed by atoms with van der Waals surface area (Å²) in [7, 11) is 6.79. The van der Waals surface area contributed by atoms with E-state index in [9.17, 15) is 9.59 Å². The number of aromatic nitrogens is 3. The Labute approximate surface area is 136 Å². The Morgan fingerprint density at radius 1 is 1.14 bits per heavy atom. The van der Waals surface area contributed by atoms with Crippen LogP contribution in [0.5, 0.6) is 0 Å². The van der Waals surface area contributed by atoms with Gasteiger partial charge in [0.25, 0.3) is 0 Å². The van der Waals surface area contributed by atoms with E-state index in [1.54, 1.807) is 33.1 Å². The fraction of sp³-hybridized carbons (Fsp3) is 0.714. The Hall–Kier alpha value is -1.57. The van der Waals surface area contributed by atoms with Gasteiger partial charge in [0.1, 0.15) is 0 Å². The number of thioether (sulfide) groups is 1. The van der Waals surface area contributed by atoms with Crippen molar-refractivity contribution >= 4 is 23.7 Å². The molecule has 0 aliphatic carbocycles. The fourth-order valence-corrected chi connectivity index (χ4v) is 2.33. The highest BCUT2D eigenvalue weighted by Crippen LogP contribution is 2.24. The SMILES string of the molecule is CN(C)C(=O)CCSc1nc(C(C)(C)C)nn1C(=O)N(C)C. The Bertz CT molecular complexity index is 546. The lowest BCUT2D eigenvalue weighted by molar-refractivity contribution is -0.128. The van der Waals surface area contributed by atoms with Crippen LogP contribution in [0.3, 0.4) is 0 Å². The van der Waals surface area contributed by atoms with E-state index in [2.05, 4.69) is 10.1 Å². The van der Waals surface area contributed by atoms with E-state index in [0.717, 1.165) is 0 Å². The predicted octanol–water partition coefficient (Wildman–Crippen LogP) is 1.68. The molecule has 8 heteroatoms. The van der Waals surface area contributed by atoms with Gasteiger partial charge in [-0.1, -0.05) is 32.5 Å². The van der Waals surface area contributed by atoms with Gasteiger partial charge >= 0.3 is 6.03 Å². The molecule has 0 spiro atoms. The highest BCUT2D eigenvalue weighted by molar-refractivity contribution is 7.99. The third-order valence-corrected chi connectivity index (χ3v) is 3.79. The average Bonchev–Trinajstić information content (AvgIpc) is 2.81. The maximum atomic E-state index is 12.2. The van der Waals surface area contributed by atoms with E-state index in [1.165, 1.54) is 21.3 Å². The minimum Gasteiger partial charge on any atom is -0.349 e. The van der Waals surface area contributed by atoms with Gasteiger partial charge in [-0.2, -0.15) is 4.68 Å². The number of carbonyl (C=O) groups is 2. The molecule has 1 rings (SSSR count). The second-order valence-electron chi connectivity index (χ2n) is 6.44. The molecular formula is C14H25N5O2S. The first kappa shape index (κ1) is 18.5. The summed E-state index contributed by atoms with van der Waals surface area (Å²) in [5.74, 6) is 1.22. The van der Waals surface area contributed by atoms with Crippen LogP contribution >= 0.6 is 11.8 Å². The molecule has 1 heterocycles. The molecule has 0 saturated heterocycles. The van der Waals surface area contributed by atoms with Crippen LogP contribution < -0.4 is 0 Å².